The lowest BCUT2D eigenvalue weighted by Gasteiger charge is -2.02. The smallest absolute Gasteiger partial charge is 0.0969 e. The molecular weight excluding hydrogens is 250 g/mol. The third kappa shape index (κ3) is 2.67. The Morgan fingerprint density at radius 2 is 2.20 bits per heavy atom. The van der Waals surface area contributed by atoms with Gasteiger partial charge in [0.1, 0.15) is 0 Å². The average Bonchev–Trinajstić information content (AvgIpc) is 2.96. The molecule has 0 atom stereocenters. The Balaban J connectivity index is 1.83. The zero-order chi connectivity index (χ0) is 13.8. The van der Waals surface area contributed by atoms with Crippen LogP contribution in [0.25, 0.3) is 16.6 Å². The first kappa shape index (κ1) is 12.7. The molecule has 1 aromatic carbocycles. The van der Waals surface area contributed by atoms with Gasteiger partial charge < -0.3 is 5.32 Å². The quantitative estimate of drug-likeness (QED) is 0.721. The van der Waals surface area contributed by atoms with Crippen LogP contribution in [0.2, 0.25) is 0 Å². The van der Waals surface area contributed by atoms with E-state index in [1.807, 2.05) is 30.5 Å². The third-order valence-electron chi connectivity index (χ3n) is 3.12. The standard InChI is InChI=1S/C15H17N5/c1-2-7-16-10-13-11-20(19-18-13)14-5-6-15-12(9-14)4-3-8-17-15/h3-6,8-9,11,16H,2,7,10H2,1H3. The third-order valence-corrected chi connectivity index (χ3v) is 3.12. The molecule has 0 aliphatic carbocycles. The van der Waals surface area contributed by atoms with Crippen molar-refractivity contribution in [1.82, 2.24) is 25.3 Å². The van der Waals surface area contributed by atoms with Crippen LogP contribution in [0, 0.1) is 0 Å². The number of hydrogen-bond acceptors (Lipinski definition) is 4. The summed E-state index contributed by atoms with van der Waals surface area (Å²) in [6.45, 7) is 3.89. The predicted molar refractivity (Wildman–Crippen MR) is 78.7 cm³/mol. The summed E-state index contributed by atoms with van der Waals surface area (Å²) in [5.41, 5.74) is 2.94. The first-order valence-corrected chi connectivity index (χ1v) is 6.84. The van der Waals surface area contributed by atoms with Crippen LogP contribution < -0.4 is 5.32 Å². The molecule has 3 rings (SSSR count). The molecule has 0 unspecified atom stereocenters. The van der Waals surface area contributed by atoms with E-state index in [4.69, 9.17) is 0 Å². The average molecular weight is 267 g/mol. The zero-order valence-electron chi connectivity index (χ0n) is 11.5. The van der Waals surface area contributed by atoms with Gasteiger partial charge in [-0.05, 0) is 37.2 Å². The maximum Gasteiger partial charge on any atom is 0.0969 e. The SMILES string of the molecule is CCCNCc1cn(-c2ccc3ncccc3c2)nn1. The molecule has 0 amide bonds. The lowest BCUT2D eigenvalue weighted by Crippen LogP contribution is -2.13. The second kappa shape index (κ2) is 5.79. The van der Waals surface area contributed by atoms with Gasteiger partial charge in [0, 0.05) is 18.1 Å². The first-order chi connectivity index (χ1) is 9.86. The number of fused-ring (bicyclic) bond motifs is 1. The second-order valence-electron chi connectivity index (χ2n) is 4.71. The van der Waals surface area contributed by atoms with Crippen molar-refractivity contribution in [2.24, 2.45) is 0 Å². The molecule has 102 valence electrons. The van der Waals surface area contributed by atoms with Gasteiger partial charge in [-0.15, -0.1) is 5.10 Å². The fourth-order valence-corrected chi connectivity index (χ4v) is 2.10. The Bertz CT molecular complexity index is 704. The highest BCUT2D eigenvalue weighted by molar-refractivity contribution is 5.80. The molecule has 1 N–H and O–H groups in total. The van der Waals surface area contributed by atoms with Crippen LogP contribution in [-0.2, 0) is 6.54 Å². The minimum Gasteiger partial charge on any atom is -0.311 e. The predicted octanol–water partition coefficient (Wildman–Crippen LogP) is 2.32. The zero-order valence-corrected chi connectivity index (χ0v) is 11.5. The van der Waals surface area contributed by atoms with Crippen molar-refractivity contribution >= 4 is 10.9 Å². The van der Waals surface area contributed by atoms with E-state index in [9.17, 15) is 0 Å². The molecule has 0 aliphatic rings. The highest BCUT2D eigenvalue weighted by Crippen LogP contribution is 2.15. The molecule has 0 fully saturated rings. The van der Waals surface area contributed by atoms with Crippen molar-refractivity contribution < 1.29 is 0 Å². The van der Waals surface area contributed by atoms with Gasteiger partial charge in [0.25, 0.3) is 0 Å². The maximum absolute atomic E-state index is 4.32. The monoisotopic (exact) mass is 267 g/mol. The van der Waals surface area contributed by atoms with Crippen molar-refractivity contribution in [3.05, 3.63) is 48.4 Å². The van der Waals surface area contributed by atoms with E-state index in [1.54, 1.807) is 10.9 Å². The molecule has 5 nitrogen and oxygen atoms in total. The minimum atomic E-state index is 0.753. The van der Waals surface area contributed by atoms with Crippen LogP contribution in [0.4, 0.5) is 0 Å². The molecular formula is C15H17N5. The van der Waals surface area contributed by atoms with Gasteiger partial charge in [-0.25, -0.2) is 4.68 Å². The summed E-state index contributed by atoms with van der Waals surface area (Å²) >= 11 is 0. The number of nitrogens with one attached hydrogen (secondary N) is 1. The number of benzene rings is 1. The van der Waals surface area contributed by atoms with E-state index in [-0.39, 0.29) is 0 Å². The number of rotatable bonds is 5. The molecule has 0 saturated heterocycles. The number of aromatic nitrogens is 4. The van der Waals surface area contributed by atoms with E-state index >= 15 is 0 Å². The van der Waals surface area contributed by atoms with Gasteiger partial charge in [-0.2, -0.15) is 0 Å². The van der Waals surface area contributed by atoms with Crippen molar-refractivity contribution in [2.45, 2.75) is 19.9 Å². The summed E-state index contributed by atoms with van der Waals surface area (Å²) in [5, 5.41) is 12.8. The van der Waals surface area contributed by atoms with E-state index in [0.29, 0.717) is 0 Å². The molecule has 0 bridgehead atoms. The van der Waals surface area contributed by atoms with Crippen molar-refractivity contribution in [3.63, 3.8) is 0 Å². The summed E-state index contributed by atoms with van der Waals surface area (Å²) in [6, 6.07) is 10.1. The maximum atomic E-state index is 4.32. The van der Waals surface area contributed by atoms with Crippen LogP contribution in [0.1, 0.15) is 19.0 Å². The molecule has 0 saturated carbocycles. The van der Waals surface area contributed by atoms with E-state index < -0.39 is 0 Å². The van der Waals surface area contributed by atoms with E-state index in [2.05, 4.69) is 33.6 Å². The van der Waals surface area contributed by atoms with E-state index in [1.165, 1.54) is 0 Å². The molecule has 0 spiro atoms. The van der Waals surface area contributed by atoms with Gasteiger partial charge in [0.2, 0.25) is 0 Å². The Morgan fingerprint density at radius 1 is 1.25 bits per heavy atom. The first-order valence-electron chi connectivity index (χ1n) is 6.84. The van der Waals surface area contributed by atoms with Crippen LogP contribution in [-0.4, -0.2) is 26.5 Å². The van der Waals surface area contributed by atoms with Crippen LogP contribution in [0.5, 0.6) is 0 Å². The second-order valence-corrected chi connectivity index (χ2v) is 4.71. The Kier molecular flexibility index (Phi) is 3.69. The fourth-order valence-electron chi connectivity index (χ4n) is 2.10. The van der Waals surface area contributed by atoms with Crippen molar-refractivity contribution in [2.75, 3.05) is 6.54 Å². The van der Waals surface area contributed by atoms with Crippen LogP contribution >= 0.6 is 0 Å². The molecule has 5 heteroatoms. The fraction of sp³-hybridized carbons (Fsp3) is 0.267. The largest absolute Gasteiger partial charge is 0.311 e. The topological polar surface area (TPSA) is 55.6 Å². The van der Waals surface area contributed by atoms with Gasteiger partial charge in [-0.3, -0.25) is 4.98 Å². The van der Waals surface area contributed by atoms with E-state index in [0.717, 1.165) is 41.8 Å². The lowest BCUT2D eigenvalue weighted by molar-refractivity contribution is 0.662. The highest BCUT2D eigenvalue weighted by atomic mass is 15.4. The molecule has 3 aromatic rings. The van der Waals surface area contributed by atoms with Crippen molar-refractivity contribution in [3.8, 4) is 5.69 Å². The van der Waals surface area contributed by atoms with Gasteiger partial charge >= 0.3 is 0 Å². The molecule has 2 aromatic heterocycles. The number of hydrogen-bond donors (Lipinski definition) is 1. The van der Waals surface area contributed by atoms with Gasteiger partial charge in [-0.1, -0.05) is 18.2 Å². The Labute approximate surface area is 117 Å². The summed E-state index contributed by atoms with van der Waals surface area (Å²) in [4.78, 5) is 4.32. The molecule has 2 heterocycles. The Hall–Kier alpha value is -2.27. The summed E-state index contributed by atoms with van der Waals surface area (Å²) in [5.74, 6) is 0. The summed E-state index contributed by atoms with van der Waals surface area (Å²) in [6.07, 6.45) is 4.88. The van der Waals surface area contributed by atoms with Crippen LogP contribution in [0.3, 0.4) is 0 Å². The number of pyridine rings is 1. The van der Waals surface area contributed by atoms with Gasteiger partial charge in [0.15, 0.2) is 0 Å². The summed E-state index contributed by atoms with van der Waals surface area (Å²) < 4.78 is 1.80. The lowest BCUT2D eigenvalue weighted by atomic mass is 10.2. The Morgan fingerprint density at radius 3 is 3.10 bits per heavy atom. The molecule has 0 aliphatic heterocycles. The summed E-state index contributed by atoms with van der Waals surface area (Å²) in [7, 11) is 0. The van der Waals surface area contributed by atoms with Crippen molar-refractivity contribution in [1.29, 1.82) is 0 Å². The number of nitrogens with zero attached hydrogens (tertiary/aromatic N) is 4. The minimum absolute atomic E-state index is 0.753. The molecule has 20 heavy (non-hydrogen) atoms. The van der Waals surface area contributed by atoms with Crippen LogP contribution in [0.15, 0.2) is 42.7 Å². The highest BCUT2D eigenvalue weighted by Gasteiger charge is 2.03. The normalized spacial score (nSPS) is 11.1. The molecule has 0 radical (unpaired) electrons. The van der Waals surface area contributed by atoms with Gasteiger partial charge in [0.05, 0.1) is 23.1 Å².